The molecule has 1 amide bonds. The lowest BCUT2D eigenvalue weighted by Crippen LogP contribution is -2.39. The zero-order valence-corrected chi connectivity index (χ0v) is 12.4. The van der Waals surface area contributed by atoms with E-state index in [4.69, 9.17) is 11.6 Å². The molecule has 1 aromatic rings. The molecule has 1 aliphatic carbocycles. The van der Waals surface area contributed by atoms with Crippen LogP contribution in [0.4, 0.5) is 0 Å². The first-order valence-electron chi connectivity index (χ1n) is 7.00. The van der Waals surface area contributed by atoms with E-state index in [-0.39, 0.29) is 5.91 Å². The summed E-state index contributed by atoms with van der Waals surface area (Å²) in [6.45, 7) is 2.25. The highest BCUT2D eigenvalue weighted by molar-refractivity contribution is 6.33. The highest BCUT2D eigenvalue weighted by Gasteiger charge is 2.27. The largest absolute Gasteiger partial charge is 0.339 e. The van der Waals surface area contributed by atoms with Gasteiger partial charge < -0.3 is 4.90 Å². The van der Waals surface area contributed by atoms with Gasteiger partial charge in [-0.3, -0.25) is 9.78 Å². The lowest BCUT2D eigenvalue weighted by atomic mass is 9.84. The smallest absolute Gasteiger partial charge is 0.256 e. The summed E-state index contributed by atoms with van der Waals surface area (Å²) in [4.78, 5) is 18.2. The normalized spacial score (nSPS) is 23.1. The number of carbonyl (C=O) groups excluding carboxylic acids is 1. The molecule has 1 saturated carbocycles. The van der Waals surface area contributed by atoms with Crippen molar-refractivity contribution in [3.63, 3.8) is 0 Å². The summed E-state index contributed by atoms with van der Waals surface area (Å²) in [5.41, 5.74) is 0.504. The molecule has 1 aliphatic rings. The number of aromatic nitrogens is 1. The van der Waals surface area contributed by atoms with Crippen molar-refractivity contribution < 1.29 is 4.79 Å². The van der Waals surface area contributed by atoms with Crippen LogP contribution in [0.5, 0.6) is 0 Å². The summed E-state index contributed by atoms with van der Waals surface area (Å²) in [5, 5.41) is 0.481. The van der Waals surface area contributed by atoms with E-state index < -0.39 is 0 Å². The fourth-order valence-corrected chi connectivity index (χ4v) is 3.02. The van der Waals surface area contributed by atoms with Crippen molar-refractivity contribution in [3.05, 3.63) is 29.0 Å². The first-order chi connectivity index (χ1) is 9.13. The second kappa shape index (κ2) is 6.38. The number of carbonyl (C=O) groups is 1. The minimum atomic E-state index is -0.0157. The van der Waals surface area contributed by atoms with Crippen molar-refractivity contribution in [2.24, 2.45) is 5.92 Å². The van der Waals surface area contributed by atoms with Gasteiger partial charge in [-0.05, 0) is 37.7 Å². The van der Waals surface area contributed by atoms with Crippen molar-refractivity contribution in [1.29, 1.82) is 0 Å². The van der Waals surface area contributed by atoms with E-state index in [2.05, 4.69) is 11.9 Å². The predicted octanol–water partition coefficient (Wildman–Crippen LogP) is 3.78. The summed E-state index contributed by atoms with van der Waals surface area (Å²) in [6.07, 6.45) is 9.04. The van der Waals surface area contributed by atoms with Crippen molar-refractivity contribution >= 4 is 17.5 Å². The Balaban J connectivity index is 2.02. The number of hydrogen-bond acceptors (Lipinski definition) is 2. The average molecular weight is 281 g/mol. The van der Waals surface area contributed by atoms with Gasteiger partial charge in [0.2, 0.25) is 0 Å². The van der Waals surface area contributed by atoms with E-state index in [1.54, 1.807) is 18.5 Å². The monoisotopic (exact) mass is 280 g/mol. The molecule has 1 fully saturated rings. The van der Waals surface area contributed by atoms with Gasteiger partial charge in [0.25, 0.3) is 5.91 Å². The van der Waals surface area contributed by atoms with Crippen LogP contribution in [-0.2, 0) is 0 Å². The molecule has 0 radical (unpaired) electrons. The van der Waals surface area contributed by atoms with Crippen LogP contribution in [0.15, 0.2) is 18.5 Å². The molecule has 0 unspecified atom stereocenters. The van der Waals surface area contributed by atoms with Crippen molar-refractivity contribution in [2.45, 2.75) is 45.1 Å². The molecular weight excluding hydrogens is 260 g/mol. The van der Waals surface area contributed by atoms with Gasteiger partial charge in [0.1, 0.15) is 0 Å². The van der Waals surface area contributed by atoms with Crippen LogP contribution in [0.2, 0.25) is 5.02 Å². The molecular formula is C15H21ClN2O. The second-order valence-electron chi connectivity index (χ2n) is 5.35. The number of rotatable bonds is 3. The second-order valence-corrected chi connectivity index (χ2v) is 5.76. The molecule has 0 bridgehead atoms. The van der Waals surface area contributed by atoms with Gasteiger partial charge in [-0.2, -0.15) is 0 Å². The highest BCUT2D eigenvalue weighted by Crippen LogP contribution is 2.30. The van der Waals surface area contributed by atoms with E-state index in [0.29, 0.717) is 16.6 Å². The number of pyridine rings is 1. The van der Waals surface area contributed by atoms with E-state index in [1.165, 1.54) is 19.3 Å². The lowest BCUT2D eigenvalue weighted by molar-refractivity contribution is 0.0674. The first-order valence-corrected chi connectivity index (χ1v) is 7.38. The Morgan fingerprint density at radius 2 is 2.11 bits per heavy atom. The van der Waals surface area contributed by atoms with E-state index in [0.717, 1.165) is 18.8 Å². The van der Waals surface area contributed by atoms with Crippen LogP contribution in [0.25, 0.3) is 0 Å². The summed E-state index contributed by atoms with van der Waals surface area (Å²) >= 11 is 6.06. The van der Waals surface area contributed by atoms with Crippen LogP contribution >= 0.6 is 11.6 Å². The molecule has 1 heterocycles. The molecule has 2 rings (SSSR count). The summed E-state index contributed by atoms with van der Waals surface area (Å²) < 4.78 is 0. The third kappa shape index (κ3) is 3.27. The molecule has 4 heteroatoms. The summed E-state index contributed by atoms with van der Waals surface area (Å²) in [7, 11) is 1.88. The Bertz CT molecular complexity index is 442. The fourth-order valence-electron chi connectivity index (χ4n) is 2.83. The van der Waals surface area contributed by atoms with E-state index in [9.17, 15) is 4.79 Å². The zero-order valence-electron chi connectivity index (χ0n) is 11.6. The number of amides is 1. The standard InChI is InChI=1S/C15H21ClN2O/c1-3-11-4-6-12(7-5-11)18(2)15(19)13-10-17-9-8-14(13)16/h8-12H,3-7H2,1-2H3. The molecule has 1 aromatic heterocycles. The van der Waals surface area contributed by atoms with Crippen molar-refractivity contribution in [3.8, 4) is 0 Å². The van der Waals surface area contributed by atoms with Crippen molar-refractivity contribution in [1.82, 2.24) is 9.88 Å². The zero-order chi connectivity index (χ0) is 13.8. The Hall–Kier alpha value is -1.09. The molecule has 0 N–H and O–H groups in total. The third-order valence-electron chi connectivity index (χ3n) is 4.26. The molecule has 0 saturated heterocycles. The third-order valence-corrected chi connectivity index (χ3v) is 4.59. The van der Waals surface area contributed by atoms with E-state index in [1.807, 2.05) is 11.9 Å². The lowest BCUT2D eigenvalue weighted by Gasteiger charge is -2.34. The van der Waals surface area contributed by atoms with Gasteiger partial charge in [-0.25, -0.2) is 0 Å². The maximum atomic E-state index is 12.4. The topological polar surface area (TPSA) is 33.2 Å². The SMILES string of the molecule is CCC1CCC(N(C)C(=O)c2cnccc2Cl)CC1. The van der Waals surface area contributed by atoms with Crippen LogP contribution in [-0.4, -0.2) is 28.9 Å². The van der Waals surface area contributed by atoms with Crippen LogP contribution in [0, 0.1) is 5.92 Å². The number of halogens is 1. The van der Waals surface area contributed by atoms with Gasteiger partial charge in [0.05, 0.1) is 10.6 Å². The van der Waals surface area contributed by atoms with Gasteiger partial charge in [-0.15, -0.1) is 0 Å². The molecule has 0 aromatic carbocycles. The van der Waals surface area contributed by atoms with Gasteiger partial charge >= 0.3 is 0 Å². The highest BCUT2D eigenvalue weighted by atomic mass is 35.5. The van der Waals surface area contributed by atoms with E-state index >= 15 is 0 Å². The van der Waals surface area contributed by atoms with Gasteiger partial charge in [0, 0.05) is 25.5 Å². The average Bonchev–Trinajstić information content (AvgIpc) is 2.46. The molecule has 0 atom stereocenters. The molecule has 104 valence electrons. The minimum absolute atomic E-state index is 0.0157. The van der Waals surface area contributed by atoms with Crippen LogP contribution < -0.4 is 0 Å². The quantitative estimate of drug-likeness (QED) is 0.844. The maximum Gasteiger partial charge on any atom is 0.256 e. The summed E-state index contributed by atoms with van der Waals surface area (Å²) in [6, 6.07) is 2.00. The predicted molar refractivity (Wildman–Crippen MR) is 77.4 cm³/mol. The molecule has 3 nitrogen and oxygen atoms in total. The maximum absolute atomic E-state index is 12.4. The van der Waals surface area contributed by atoms with Gasteiger partial charge in [0.15, 0.2) is 0 Å². The Morgan fingerprint density at radius 1 is 1.42 bits per heavy atom. The van der Waals surface area contributed by atoms with Crippen LogP contribution in [0.1, 0.15) is 49.4 Å². The molecule has 0 aliphatic heterocycles. The minimum Gasteiger partial charge on any atom is -0.339 e. The van der Waals surface area contributed by atoms with Crippen molar-refractivity contribution in [2.75, 3.05) is 7.05 Å². The fraction of sp³-hybridized carbons (Fsp3) is 0.600. The molecule has 0 spiro atoms. The first kappa shape index (κ1) is 14.3. The Labute approximate surface area is 120 Å². The van der Waals surface area contributed by atoms with Gasteiger partial charge in [-0.1, -0.05) is 24.9 Å². The summed E-state index contributed by atoms with van der Waals surface area (Å²) in [5.74, 6) is 0.819. The Morgan fingerprint density at radius 3 is 2.68 bits per heavy atom. The Kier molecular flexibility index (Phi) is 4.81. The molecule has 19 heavy (non-hydrogen) atoms. The number of hydrogen-bond donors (Lipinski definition) is 0. The van der Waals surface area contributed by atoms with Crippen LogP contribution in [0.3, 0.4) is 0 Å². The number of nitrogens with zero attached hydrogens (tertiary/aromatic N) is 2.